The molecule has 0 aliphatic carbocycles. The molecule has 1 fully saturated rings. The van der Waals surface area contributed by atoms with Gasteiger partial charge in [-0.2, -0.15) is 0 Å². The Balaban J connectivity index is 2.03. The van der Waals surface area contributed by atoms with Crippen molar-refractivity contribution in [2.24, 2.45) is 0 Å². The Bertz CT molecular complexity index is 367. The van der Waals surface area contributed by atoms with Crippen LogP contribution in [0, 0.1) is 0 Å². The molecular weight excluding hydrogens is 260 g/mol. The molecule has 0 saturated carbocycles. The summed E-state index contributed by atoms with van der Waals surface area (Å²) in [4.78, 5) is 21.4. The first-order valence-electron chi connectivity index (χ1n) is 4.66. The minimum atomic E-state index is -0.162. The maximum Gasteiger partial charge on any atom is 0.244 e. The first kappa shape index (κ1) is 10.4. The molecule has 1 N–H and O–H groups in total. The molecular formula is C9H11BrN4O. The molecule has 1 atom stereocenters. The van der Waals surface area contributed by atoms with E-state index in [0.29, 0.717) is 10.4 Å². The molecule has 1 amide bonds. The van der Waals surface area contributed by atoms with Gasteiger partial charge >= 0.3 is 0 Å². The van der Waals surface area contributed by atoms with E-state index in [1.165, 1.54) is 0 Å². The fraction of sp³-hybridized carbons (Fsp3) is 0.444. The highest BCUT2D eigenvalue weighted by Crippen LogP contribution is 2.14. The van der Waals surface area contributed by atoms with Crippen LogP contribution in [0.5, 0.6) is 0 Å². The number of carbonyl (C=O) groups is 1. The number of nitrogens with zero attached hydrogens (tertiary/aromatic N) is 3. The van der Waals surface area contributed by atoms with Crippen molar-refractivity contribution in [3.63, 3.8) is 0 Å². The van der Waals surface area contributed by atoms with Gasteiger partial charge in [0.15, 0.2) is 0 Å². The molecule has 0 aromatic carbocycles. The molecule has 2 rings (SSSR count). The molecule has 0 bridgehead atoms. The quantitative estimate of drug-likeness (QED) is 0.867. The zero-order valence-corrected chi connectivity index (χ0v) is 9.86. The predicted octanol–water partition coefficient (Wildman–Crippen LogP) is 0.882. The Kier molecular flexibility index (Phi) is 2.86. The minimum Gasteiger partial charge on any atom is -0.357 e. The highest BCUT2D eigenvalue weighted by Gasteiger charge is 2.28. The van der Waals surface area contributed by atoms with E-state index in [9.17, 15) is 4.79 Å². The summed E-state index contributed by atoms with van der Waals surface area (Å²) < 4.78 is 0.683. The van der Waals surface area contributed by atoms with Crippen LogP contribution in [0.15, 0.2) is 17.0 Å². The summed E-state index contributed by atoms with van der Waals surface area (Å²) in [6.07, 6.45) is 4.02. The summed E-state index contributed by atoms with van der Waals surface area (Å²) in [6, 6.07) is -0.162. The van der Waals surface area contributed by atoms with Gasteiger partial charge in [-0.05, 0) is 22.4 Å². The van der Waals surface area contributed by atoms with Gasteiger partial charge in [-0.1, -0.05) is 0 Å². The number of halogens is 1. The van der Waals surface area contributed by atoms with Crippen LogP contribution in [-0.2, 0) is 4.79 Å². The molecule has 5 nitrogen and oxygen atoms in total. The second-order valence-electron chi connectivity index (χ2n) is 3.47. The number of amides is 1. The average molecular weight is 271 g/mol. The van der Waals surface area contributed by atoms with Crippen molar-refractivity contribution in [2.75, 3.05) is 18.9 Å². The van der Waals surface area contributed by atoms with E-state index in [4.69, 9.17) is 0 Å². The summed E-state index contributed by atoms with van der Waals surface area (Å²) in [5.41, 5.74) is 0. The number of carbonyl (C=O) groups excluding carboxylic acids is 1. The minimum absolute atomic E-state index is 0.111. The molecule has 1 aliphatic rings. The third kappa shape index (κ3) is 2.26. The van der Waals surface area contributed by atoms with Gasteiger partial charge in [0.1, 0.15) is 16.5 Å². The largest absolute Gasteiger partial charge is 0.357 e. The van der Waals surface area contributed by atoms with Gasteiger partial charge in [-0.3, -0.25) is 4.79 Å². The summed E-state index contributed by atoms with van der Waals surface area (Å²) >= 11 is 3.20. The predicted molar refractivity (Wildman–Crippen MR) is 59.4 cm³/mol. The molecule has 1 unspecified atom stereocenters. The molecule has 1 saturated heterocycles. The van der Waals surface area contributed by atoms with Gasteiger partial charge in [0, 0.05) is 13.6 Å². The molecule has 0 spiro atoms. The van der Waals surface area contributed by atoms with Crippen molar-refractivity contribution in [3.05, 3.63) is 17.0 Å². The Morgan fingerprint density at radius 1 is 1.53 bits per heavy atom. The standard InChI is InChI=1S/C9H11BrN4O/c1-14-3-2-6(9(14)15)13-8-5-11-7(10)4-12-8/h4-6H,2-3H2,1H3,(H,12,13). The fourth-order valence-corrected chi connectivity index (χ4v) is 1.73. The van der Waals surface area contributed by atoms with Crippen LogP contribution in [0.1, 0.15) is 6.42 Å². The summed E-state index contributed by atoms with van der Waals surface area (Å²) in [7, 11) is 1.80. The number of likely N-dealkylation sites (tertiary alicyclic amines) is 1. The number of likely N-dealkylation sites (N-methyl/N-ethyl adjacent to an activating group) is 1. The Labute approximate surface area is 96.0 Å². The summed E-state index contributed by atoms with van der Waals surface area (Å²) in [5.74, 6) is 0.742. The van der Waals surface area contributed by atoms with Crippen LogP contribution in [0.4, 0.5) is 5.82 Å². The first-order valence-corrected chi connectivity index (χ1v) is 5.45. The molecule has 1 aromatic rings. The van der Waals surface area contributed by atoms with Crippen molar-refractivity contribution >= 4 is 27.7 Å². The SMILES string of the molecule is CN1CCC(Nc2cnc(Br)cn2)C1=O. The van der Waals surface area contributed by atoms with Crippen LogP contribution < -0.4 is 5.32 Å². The number of anilines is 1. The van der Waals surface area contributed by atoms with E-state index in [1.54, 1.807) is 24.3 Å². The number of hydrogen-bond acceptors (Lipinski definition) is 4. The van der Waals surface area contributed by atoms with Crippen LogP contribution >= 0.6 is 15.9 Å². The highest BCUT2D eigenvalue weighted by atomic mass is 79.9. The molecule has 0 radical (unpaired) electrons. The maximum absolute atomic E-state index is 11.6. The lowest BCUT2D eigenvalue weighted by Gasteiger charge is -2.12. The third-order valence-electron chi connectivity index (χ3n) is 2.37. The molecule has 6 heteroatoms. The van der Waals surface area contributed by atoms with Gasteiger partial charge in [0.25, 0.3) is 0 Å². The molecule has 2 heterocycles. The van der Waals surface area contributed by atoms with E-state index >= 15 is 0 Å². The van der Waals surface area contributed by atoms with Gasteiger partial charge < -0.3 is 10.2 Å². The van der Waals surface area contributed by atoms with E-state index in [1.807, 2.05) is 0 Å². The van der Waals surface area contributed by atoms with E-state index in [2.05, 4.69) is 31.2 Å². The number of nitrogens with one attached hydrogen (secondary N) is 1. The topological polar surface area (TPSA) is 58.1 Å². The Hall–Kier alpha value is -1.17. The maximum atomic E-state index is 11.6. The third-order valence-corrected chi connectivity index (χ3v) is 2.78. The smallest absolute Gasteiger partial charge is 0.244 e. The van der Waals surface area contributed by atoms with Crippen LogP contribution in [0.3, 0.4) is 0 Å². The summed E-state index contributed by atoms with van der Waals surface area (Å²) in [6.45, 7) is 0.792. The zero-order chi connectivity index (χ0) is 10.8. The number of rotatable bonds is 2. The Morgan fingerprint density at radius 3 is 2.87 bits per heavy atom. The highest BCUT2D eigenvalue weighted by molar-refractivity contribution is 9.10. The second kappa shape index (κ2) is 4.14. The van der Waals surface area contributed by atoms with Crippen molar-refractivity contribution in [1.82, 2.24) is 14.9 Å². The number of aromatic nitrogens is 2. The fourth-order valence-electron chi connectivity index (χ4n) is 1.52. The van der Waals surface area contributed by atoms with Crippen LogP contribution in [0.2, 0.25) is 0 Å². The zero-order valence-electron chi connectivity index (χ0n) is 8.27. The van der Waals surface area contributed by atoms with E-state index in [-0.39, 0.29) is 11.9 Å². The normalized spacial score (nSPS) is 20.8. The van der Waals surface area contributed by atoms with Gasteiger partial charge in [-0.15, -0.1) is 0 Å². The summed E-state index contributed by atoms with van der Waals surface area (Å²) in [5, 5.41) is 3.06. The second-order valence-corrected chi connectivity index (χ2v) is 4.28. The van der Waals surface area contributed by atoms with Crippen LogP contribution in [-0.4, -0.2) is 40.4 Å². The molecule has 15 heavy (non-hydrogen) atoms. The first-order chi connectivity index (χ1) is 7.16. The van der Waals surface area contributed by atoms with Gasteiger partial charge in [0.2, 0.25) is 5.91 Å². The van der Waals surface area contributed by atoms with Crippen molar-refractivity contribution in [2.45, 2.75) is 12.5 Å². The number of hydrogen-bond donors (Lipinski definition) is 1. The van der Waals surface area contributed by atoms with E-state index < -0.39 is 0 Å². The lowest BCUT2D eigenvalue weighted by Crippen LogP contribution is -2.31. The van der Waals surface area contributed by atoms with Crippen molar-refractivity contribution in [3.8, 4) is 0 Å². The Morgan fingerprint density at radius 2 is 2.33 bits per heavy atom. The molecule has 80 valence electrons. The van der Waals surface area contributed by atoms with E-state index in [0.717, 1.165) is 13.0 Å². The van der Waals surface area contributed by atoms with Crippen molar-refractivity contribution in [1.29, 1.82) is 0 Å². The molecule has 1 aromatic heterocycles. The molecule has 1 aliphatic heterocycles. The van der Waals surface area contributed by atoms with Gasteiger partial charge in [-0.25, -0.2) is 9.97 Å². The lowest BCUT2D eigenvalue weighted by atomic mass is 10.2. The lowest BCUT2D eigenvalue weighted by molar-refractivity contribution is -0.127. The van der Waals surface area contributed by atoms with Crippen molar-refractivity contribution < 1.29 is 4.79 Å². The average Bonchev–Trinajstić information content (AvgIpc) is 2.53. The monoisotopic (exact) mass is 270 g/mol. The van der Waals surface area contributed by atoms with Crippen LogP contribution in [0.25, 0.3) is 0 Å². The van der Waals surface area contributed by atoms with Gasteiger partial charge in [0.05, 0.1) is 12.4 Å².